The standard InChI is InChI=1S/C14H18N2O4S/c1-10-5-7-11(8-6-10)21(18,19)16-9-15-14(2,3)12(16)13(17)20-4/h5-9,12H,1-4H3/t12-/m0/s1. The number of sulfonamides is 1. The number of nitrogens with zero attached hydrogens (tertiary/aromatic N) is 2. The maximum absolute atomic E-state index is 12.7. The lowest BCUT2D eigenvalue weighted by Crippen LogP contribution is -2.50. The van der Waals surface area contributed by atoms with Gasteiger partial charge in [0.25, 0.3) is 10.0 Å². The van der Waals surface area contributed by atoms with Crippen molar-refractivity contribution in [2.75, 3.05) is 7.11 Å². The fourth-order valence-corrected chi connectivity index (χ4v) is 3.71. The van der Waals surface area contributed by atoms with Crippen LogP contribution in [0.25, 0.3) is 0 Å². The Morgan fingerprint density at radius 1 is 1.29 bits per heavy atom. The van der Waals surface area contributed by atoms with Crippen LogP contribution < -0.4 is 0 Å². The normalized spacial score (nSPS) is 20.6. The summed E-state index contributed by atoms with van der Waals surface area (Å²) in [5.41, 5.74) is 0.0825. The van der Waals surface area contributed by atoms with Crippen molar-refractivity contribution in [1.82, 2.24) is 4.31 Å². The van der Waals surface area contributed by atoms with Crippen LogP contribution in [0, 0.1) is 6.92 Å². The van der Waals surface area contributed by atoms with Crippen LogP contribution in [0.2, 0.25) is 0 Å². The Hall–Kier alpha value is -1.89. The van der Waals surface area contributed by atoms with E-state index in [9.17, 15) is 13.2 Å². The average molecular weight is 310 g/mol. The highest BCUT2D eigenvalue weighted by molar-refractivity contribution is 7.89. The lowest BCUT2D eigenvalue weighted by molar-refractivity contribution is -0.145. The molecule has 0 saturated heterocycles. The summed E-state index contributed by atoms with van der Waals surface area (Å²) in [6.45, 7) is 5.25. The van der Waals surface area contributed by atoms with Crippen molar-refractivity contribution in [1.29, 1.82) is 0 Å². The monoisotopic (exact) mass is 310 g/mol. The molecule has 0 radical (unpaired) electrons. The van der Waals surface area contributed by atoms with Gasteiger partial charge in [0.2, 0.25) is 0 Å². The number of aryl methyl sites for hydroxylation is 1. The number of methoxy groups -OCH3 is 1. The van der Waals surface area contributed by atoms with E-state index in [1.807, 2.05) is 6.92 Å². The molecule has 1 heterocycles. The van der Waals surface area contributed by atoms with Crippen LogP contribution >= 0.6 is 0 Å². The van der Waals surface area contributed by atoms with E-state index in [1.54, 1.807) is 26.0 Å². The van der Waals surface area contributed by atoms with Crippen molar-refractivity contribution < 1.29 is 17.9 Å². The summed E-state index contributed by atoms with van der Waals surface area (Å²) in [6, 6.07) is 5.43. The van der Waals surface area contributed by atoms with Gasteiger partial charge in [0, 0.05) is 0 Å². The second kappa shape index (κ2) is 5.14. The molecular weight excluding hydrogens is 292 g/mol. The van der Waals surface area contributed by atoms with Crippen LogP contribution in [0.15, 0.2) is 34.2 Å². The number of aliphatic imine (C=N–C) groups is 1. The quantitative estimate of drug-likeness (QED) is 0.790. The van der Waals surface area contributed by atoms with Gasteiger partial charge in [0.15, 0.2) is 6.04 Å². The van der Waals surface area contributed by atoms with Crippen LogP contribution in [-0.2, 0) is 19.6 Å². The average Bonchev–Trinajstić information content (AvgIpc) is 2.74. The molecule has 0 unspecified atom stereocenters. The molecule has 1 aromatic rings. The summed E-state index contributed by atoms with van der Waals surface area (Å²) in [4.78, 5) is 16.2. The summed E-state index contributed by atoms with van der Waals surface area (Å²) < 4.78 is 31.1. The molecule has 0 fully saturated rings. The van der Waals surface area contributed by atoms with Crippen molar-refractivity contribution in [3.05, 3.63) is 29.8 Å². The van der Waals surface area contributed by atoms with Gasteiger partial charge in [-0.3, -0.25) is 4.99 Å². The fraction of sp³-hybridized carbons (Fsp3) is 0.429. The maximum atomic E-state index is 12.7. The Bertz CT molecular complexity index is 677. The third-order valence-electron chi connectivity index (χ3n) is 3.45. The van der Waals surface area contributed by atoms with E-state index in [4.69, 9.17) is 4.74 Å². The number of carbonyl (C=O) groups excluding carboxylic acids is 1. The van der Waals surface area contributed by atoms with E-state index in [0.717, 1.165) is 9.87 Å². The molecule has 0 aliphatic carbocycles. The molecule has 0 bridgehead atoms. The number of benzene rings is 1. The predicted molar refractivity (Wildman–Crippen MR) is 78.6 cm³/mol. The highest BCUT2D eigenvalue weighted by atomic mass is 32.2. The first-order valence-electron chi connectivity index (χ1n) is 6.43. The number of esters is 1. The Labute approximate surface area is 124 Å². The van der Waals surface area contributed by atoms with E-state index in [1.165, 1.54) is 25.6 Å². The van der Waals surface area contributed by atoms with E-state index >= 15 is 0 Å². The lowest BCUT2D eigenvalue weighted by Gasteiger charge is -2.29. The Balaban J connectivity index is 2.46. The third-order valence-corrected chi connectivity index (χ3v) is 5.18. The summed E-state index contributed by atoms with van der Waals surface area (Å²) in [6.07, 6.45) is 1.19. The summed E-state index contributed by atoms with van der Waals surface area (Å²) in [5, 5.41) is 0. The number of ether oxygens (including phenoxy) is 1. The van der Waals surface area contributed by atoms with Gasteiger partial charge in [-0.15, -0.1) is 0 Å². The first-order valence-corrected chi connectivity index (χ1v) is 7.87. The van der Waals surface area contributed by atoms with Crippen molar-refractivity contribution in [3.63, 3.8) is 0 Å². The van der Waals surface area contributed by atoms with Crippen molar-refractivity contribution in [3.8, 4) is 0 Å². The molecule has 0 aromatic heterocycles. The summed E-state index contributed by atoms with van der Waals surface area (Å²) >= 11 is 0. The number of carbonyl (C=O) groups is 1. The first kappa shape index (κ1) is 15.5. The molecule has 0 amide bonds. The minimum Gasteiger partial charge on any atom is -0.467 e. The Morgan fingerprint density at radius 3 is 2.38 bits per heavy atom. The second-order valence-electron chi connectivity index (χ2n) is 5.47. The number of hydrogen-bond acceptors (Lipinski definition) is 5. The van der Waals surface area contributed by atoms with Gasteiger partial charge < -0.3 is 4.74 Å². The summed E-state index contributed by atoms with van der Waals surface area (Å²) in [7, 11) is -2.62. The van der Waals surface area contributed by atoms with Gasteiger partial charge in [0.1, 0.15) is 6.34 Å². The smallest absolute Gasteiger partial charge is 0.332 e. The van der Waals surface area contributed by atoms with Crippen LogP contribution in [0.5, 0.6) is 0 Å². The van der Waals surface area contributed by atoms with Gasteiger partial charge >= 0.3 is 5.97 Å². The van der Waals surface area contributed by atoms with Gasteiger partial charge in [-0.2, -0.15) is 0 Å². The van der Waals surface area contributed by atoms with E-state index in [0.29, 0.717) is 0 Å². The molecule has 2 rings (SSSR count). The Kier molecular flexibility index (Phi) is 3.79. The number of rotatable bonds is 3. The van der Waals surface area contributed by atoms with Crippen LogP contribution in [0.1, 0.15) is 19.4 Å². The van der Waals surface area contributed by atoms with Crippen molar-refractivity contribution in [2.24, 2.45) is 4.99 Å². The number of hydrogen-bond donors (Lipinski definition) is 0. The van der Waals surface area contributed by atoms with Gasteiger partial charge in [0.05, 0.1) is 17.5 Å². The molecule has 1 atom stereocenters. The topological polar surface area (TPSA) is 76.0 Å². The van der Waals surface area contributed by atoms with E-state index in [-0.39, 0.29) is 4.90 Å². The van der Waals surface area contributed by atoms with Crippen LogP contribution in [-0.4, -0.2) is 43.7 Å². The SMILES string of the molecule is COC(=O)[C@@H]1N(S(=O)(=O)c2ccc(C)cc2)C=NC1(C)C. The molecule has 1 aliphatic rings. The van der Waals surface area contributed by atoms with E-state index in [2.05, 4.69) is 4.99 Å². The van der Waals surface area contributed by atoms with Crippen LogP contribution in [0.4, 0.5) is 0 Å². The van der Waals surface area contributed by atoms with Gasteiger partial charge in [-0.25, -0.2) is 17.5 Å². The molecule has 0 saturated carbocycles. The maximum Gasteiger partial charge on any atom is 0.332 e. The van der Waals surface area contributed by atoms with Crippen LogP contribution in [0.3, 0.4) is 0 Å². The van der Waals surface area contributed by atoms with Crippen molar-refractivity contribution in [2.45, 2.75) is 37.2 Å². The highest BCUT2D eigenvalue weighted by Crippen LogP contribution is 2.30. The molecule has 7 heteroatoms. The second-order valence-corrected chi connectivity index (χ2v) is 7.32. The zero-order valence-corrected chi connectivity index (χ0v) is 13.2. The molecule has 0 spiro atoms. The lowest BCUT2D eigenvalue weighted by atomic mass is 9.97. The third kappa shape index (κ3) is 2.65. The molecule has 1 aromatic carbocycles. The Morgan fingerprint density at radius 2 is 1.86 bits per heavy atom. The molecule has 0 N–H and O–H groups in total. The predicted octanol–water partition coefficient (Wildman–Crippen LogP) is 1.35. The first-order chi connectivity index (χ1) is 9.70. The molecule has 114 valence electrons. The van der Waals surface area contributed by atoms with Crippen molar-refractivity contribution >= 4 is 22.3 Å². The molecule has 1 aliphatic heterocycles. The minimum atomic E-state index is -3.85. The molecular formula is C14H18N2O4S. The highest BCUT2D eigenvalue weighted by Gasteiger charge is 2.48. The minimum absolute atomic E-state index is 0.117. The fourth-order valence-electron chi connectivity index (χ4n) is 2.19. The van der Waals surface area contributed by atoms with Gasteiger partial charge in [-0.05, 0) is 32.9 Å². The molecule has 21 heavy (non-hydrogen) atoms. The zero-order chi connectivity index (χ0) is 15.8. The largest absolute Gasteiger partial charge is 0.467 e. The van der Waals surface area contributed by atoms with E-state index < -0.39 is 27.6 Å². The van der Waals surface area contributed by atoms with Gasteiger partial charge in [-0.1, -0.05) is 17.7 Å². The molecule has 6 nitrogen and oxygen atoms in total. The summed E-state index contributed by atoms with van der Waals surface area (Å²) in [5.74, 6) is -0.631. The zero-order valence-electron chi connectivity index (χ0n) is 12.4.